The van der Waals surface area contributed by atoms with E-state index in [1.54, 1.807) is 24.3 Å². The number of hydrogen-bond acceptors (Lipinski definition) is 4. The van der Waals surface area contributed by atoms with E-state index >= 15 is 0 Å². The summed E-state index contributed by atoms with van der Waals surface area (Å²) >= 11 is 0. The van der Waals surface area contributed by atoms with Crippen molar-refractivity contribution in [3.05, 3.63) is 90.0 Å². The number of amides is 2. The second kappa shape index (κ2) is 14.6. The molecule has 0 bridgehead atoms. The van der Waals surface area contributed by atoms with Crippen molar-refractivity contribution in [3.8, 4) is 5.75 Å². The van der Waals surface area contributed by atoms with Crippen molar-refractivity contribution in [3.63, 3.8) is 0 Å². The summed E-state index contributed by atoms with van der Waals surface area (Å²) in [7, 11) is 0. The highest BCUT2D eigenvalue weighted by Gasteiger charge is 2.15. The molecular formula is C30H37N3O3. The van der Waals surface area contributed by atoms with E-state index in [1.165, 1.54) is 5.56 Å². The minimum absolute atomic E-state index is 0.00435. The van der Waals surface area contributed by atoms with Gasteiger partial charge in [0, 0.05) is 30.0 Å². The molecule has 0 aliphatic heterocycles. The van der Waals surface area contributed by atoms with Crippen molar-refractivity contribution >= 4 is 23.2 Å². The molecule has 36 heavy (non-hydrogen) atoms. The maximum atomic E-state index is 12.8. The van der Waals surface area contributed by atoms with Crippen LogP contribution in [0.4, 0.5) is 11.4 Å². The number of hydrogen-bond donors (Lipinski definition) is 2. The van der Waals surface area contributed by atoms with Crippen molar-refractivity contribution in [2.24, 2.45) is 0 Å². The van der Waals surface area contributed by atoms with Crippen LogP contribution in [0, 0.1) is 0 Å². The van der Waals surface area contributed by atoms with Gasteiger partial charge in [-0.25, -0.2) is 0 Å². The van der Waals surface area contributed by atoms with Gasteiger partial charge in [-0.05, 0) is 73.7 Å². The summed E-state index contributed by atoms with van der Waals surface area (Å²) in [4.78, 5) is 27.2. The summed E-state index contributed by atoms with van der Waals surface area (Å²) in [6.45, 7) is 6.35. The number of benzene rings is 3. The van der Waals surface area contributed by atoms with Crippen LogP contribution in [-0.2, 0) is 11.2 Å². The summed E-state index contributed by atoms with van der Waals surface area (Å²) in [6.07, 6.45) is 3.76. The Kier molecular flexibility index (Phi) is 10.8. The van der Waals surface area contributed by atoms with E-state index in [-0.39, 0.29) is 18.4 Å². The molecule has 0 aromatic heterocycles. The van der Waals surface area contributed by atoms with Crippen molar-refractivity contribution in [1.82, 2.24) is 4.90 Å². The third-order valence-electron chi connectivity index (χ3n) is 5.70. The maximum Gasteiger partial charge on any atom is 0.253 e. The molecule has 0 spiro atoms. The quantitative estimate of drug-likeness (QED) is 0.273. The fraction of sp³-hybridized carbons (Fsp3) is 0.333. The highest BCUT2D eigenvalue weighted by Crippen LogP contribution is 2.17. The van der Waals surface area contributed by atoms with E-state index < -0.39 is 0 Å². The topological polar surface area (TPSA) is 70.7 Å². The summed E-state index contributed by atoms with van der Waals surface area (Å²) in [5.41, 5.74) is 3.34. The van der Waals surface area contributed by atoms with Gasteiger partial charge in [-0.2, -0.15) is 0 Å². The highest BCUT2D eigenvalue weighted by atomic mass is 16.5. The molecule has 0 saturated heterocycles. The Hall–Kier alpha value is -3.80. The molecule has 0 atom stereocenters. The molecule has 6 heteroatoms. The van der Waals surface area contributed by atoms with E-state index in [2.05, 4.69) is 48.7 Å². The van der Waals surface area contributed by atoms with E-state index in [1.807, 2.05) is 35.2 Å². The Labute approximate surface area is 214 Å². The van der Waals surface area contributed by atoms with Gasteiger partial charge in [0.25, 0.3) is 5.91 Å². The Balaban J connectivity index is 1.43. The van der Waals surface area contributed by atoms with Crippen LogP contribution in [0.3, 0.4) is 0 Å². The summed E-state index contributed by atoms with van der Waals surface area (Å²) in [5.74, 6) is 0.620. The SMILES string of the molecule is CCCN(CCC)C(=O)c1cccc(NC(=O)CNc2ccc(OCCCc3ccccc3)cc2)c1. The van der Waals surface area contributed by atoms with Crippen LogP contribution >= 0.6 is 0 Å². The maximum absolute atomic E-state index is 12.8. The molecule has 2 amide bonds. The molecule has 3 aromatic rings. The lowest BCUT2D eigenvalue weighted by Gasteiger charge is -2.21. The van der Waals surface area contributed by atoms with Gasteiger partial charge in [-0.3, -0.25) is 9.59 Å². The number of rotatable bonds is 14. The summed E-state index contributed by atoms with van der Waals surface area (Å²) < 4.78 is 5.83. The summed E-state index contributed by atoms with van der Waals surface area (Å²) in [5, 5.41) is 6.00. The molecule has 3 rings (SSSR count). The van der Waals surface area contributed by atoms with Gasteiger partial charge in [-0.15, -0.1) is 0 Å². The normalized spacial score (nSPS) is 10.5. The van der Waals surface area contributed by atoms with Crippen LogP contribution < -0.4 is 15.4 Å². The van der Waals surface area contributed by atoms with Crippen LogP contribution in [0.15, 0.2) is 78.9 Å². The molecule has 0 aliphatic rings. The van der Waals surface area contributed by atoms with Crippen LogP contribution in [0.2, 0.25) is 0 Å². The molecule has 0 unspecified atom stereocenters. The molecule has 0 aliphatic carbocycles. The van der Waals surface area contributed by atoms with Gasteiger partial charge in [0.05, 0.1) is 13.2 Å². The zero-order valence-electron chi connectivity index (χ0n) is 21.3. The number of carbonyl (C=O) groups is 2. The lowest BCUT2D eigenvalue weighted by Crippen LogP contribution is -2.32. The van der Waals surface area contributed by atoms with Crippen LogP contribution in [-0.4, -0.2) is 43.0 Å². The second-order valence-corrected chi connectivity index (χ2v) is 8.74. The van der Waals surface area contributed by atoms with Crippen molar-refractivity contribution in [2.45, 2.75) is 39.5 Å². The first kappa shape index (κ1) is 26.8. The lowest BCUT2D eigenvalue weighted by molar-refractivity contribution is -0.114. The average Bonchev–Trinajstić information content (AvgIpc) is 2.91. The molecule has 2 N–H and O–H groups in total. The van der Waals surface area contributed by atoms with E-state index in [0.29, 0.717) is 17.9 Å². The predicted octanol–water partition coefficient (Wildman–Crippen LogP) is 6.01. The number of anilines is 2. The molecule has 0 radical (unpaired) electrons. The van der Waals surface area contributed by atoms with Crippen molar-refractivity contribution < 1.29 is 14.3 Å². The summed E-state index contributed by atoms with van der Waals surface area (Å²) in [6, 6.07) is 25.1. The molecule has 0 saturated carbocycles. The number of carbonyl (C=O) groups excluding carboxylic acids is 2. The van der Waals surface area contributed by atoms with Crippen LogP contribution in [0.25, 0.3) is 0 Å². The van der Waals surface area contributed by atoms with Gasteiger partial charge in [0.15, 0.2) is 0 Å². The third kappa shape index (κ3) is 8.77. The van der Waals surface area contributed by atoms with Crippen LogP contribution in [0.1, 0.15) is 49.0 Å². The second-order valence-electron chi connectivity index (χ2n) is 8.74. The Morgan fingerprint density at radius 3 is 2.25 bits per heavy atom. The molecular weight excluding hydrogens is 450 g/mol. The largest absolute Gasteiger partial charge is 0.494 e. The molecule has 0 heterocycles. The minimum Gasteiger partial charge on any atom is -0.494 e. The number of nitrogens with one attached hydrogen (secondary N) is 2. The number of nitrogens with zero attached hydrogens (tertiary/aromatic N) is 1. The fourth-order valence-corrected chi connectivity index (χ4v) is 3.93. The van der Waals surface area contributed by atoms with Crippen LogP contribution in [0.5, 0.6) is 5.75 Å². The van der Waals surface area contributed by atoms with E-state index in [0.717, 1.165) is 50.2 Å². The molecule has 6 nitrogen and oxygen atoms in total. The first-order chi connectivity index (χ1) is 17.6. The zero-order chi connectivity index (χ0) is 25.6. The van der Waals surface area contributed by atoms with Gasteiger partial charge in [0.1, 0.15) is 5.75 Å². The monoisotopic (exact) mass is 487 g/mol. The highest BCUT2D eigenvalue weighted by molar-refractivity contribution is 5.98. The van der Waals surface area contributed by atoms with Gasteiger partial charge in [0.2, 0.25) is 5.91 Å². The van der Waals surface area contributed by atoms with Gasteiger partial charge < -0.3 is 20.3 Å². The lowest BCUT2D eigenvalue weighted by atomic mass is 10.1. The Morgan fingerprint density at radius 1 is 0.833 bits per heavy atom. The zero-order valence-corrected chi connectivity index (χ0v) is 21.3. The third-order valence-corrected chi connectivity index (χ3v) is 5.70. The smallest absolute Gasteiger partial charge is 0.253 e. The predicted molar refractivity (Wildman–Crippen MR) is 147 cm³/mol. The van der Waals surface area contributed by atoms with E-state index in [4.69, 9.17) is 4.74 Å². The fourth-order valence-electron chi connectivity index (χ4n) is 3.93. The Bertz CT molecular complexity index is 1080. The molecule has 190 valence electrons. The molecule has 0 fully saturated rings. The minimum atomic E-state index is -0.181. The Morgan fingerprint density at radius 2 is 1.56 bits per heavy atom. The first-order valence-corrected chi connectivity index (χ1v) is 12.8. The number of ether oxygens (including phenoxy) is 1. The van der Waals surface area contributed by atoms with E-state index in [9.17, 15) is 9.59 Å². The van der Waals surface area contributed by atoms with Gasteiger partial charge >= 0.3 is 0 Å². The average molecular weight is 488 g/mol. The first-order valence-electron chi connectivity index (χ1n) is 12.8. The molecule has 3 aromatic carbocycles. The number of aryl methyl sites for hydroxylation is 1. The van der Waals surface area contributed by atoms with Crippen molar-refractivity contribution in [2.75, 3.05) is 36.9 Å². The van der Waals surface area contributed by atoms with Gasteiger partial charge in [-0.1, -0.05) is 50.2 Å². The standard InChI is InChI=1S/C30H37N3O3/c1-3-19-33(20-4-2)30(35)25-13-8-14-27(22-25)32-29(34)23-31-26-15-17-28(18-16-26)36-21-9-12-24-10-6-5-7-11-24/h5-8,10-11,13-18,22,31H,3-4,9,12,19-21,23H2,1-2H3,(H,32,34). The van der Waals surface area contributed by atoms with Crippen molar-refractivity contribution in [1.29, 1.82) is 0 Å².